The maximum atomic E-state index is 13.1. The summed E-state index contributed by atoms with van der Waals surface area (Å²) < 4.78 is 23.7. The van der Waals surface area contributed by atoms with Crippen molar-refractivity contribution in [3.05, 3.63) is 64.2 Å². The SMILES string of the molecule is COc1ccc(C(=O)N2CCN(Cc3nc(-c4ccc(F)cc4)cs3)CC2)c(OC)c1. The standard InChI is InChI=1S/C23H24FN3O3S/c1-29-18-7-8-19(21(13-18)30-2)23(28)27-11-9-26(10-12-27)14-22-25-20(15-31-22)16-3-5-17(24)6-4-16/h3-8,13,15H,9-12,14H2,1-2H3. The minimum Gasteiger partial charge on any atom is -0.497 e. The molecule has 1 saturated heterocycles. The molecule has 6 nitrogen and oxygen atoms in total. The first-order valence-electron chi connectivity index (χ1n) is 10.0. The fraction of sp³-hybridized carbons (Fsp3) is 0.304. The van der Waals surface area contributed by atoms with E-state index < -0.39 is 0 Å². The second-order valence-electron chi connectivity index (χ2n) is 7.27. The Kier molecular flexibility index (Phi) is 6.48. The molecule has 4 rings (SSSR count). The third-order valence-electron chi connectivity index (χ3n) is 5.35. The van der Waals surface area contributed by atoms with Gasteiger partial charge in [-0.2, -0.15) is 0 Å². The molecular weight excluding hydrogens is 417 g/mol. The lowest BCUT2D eigenvalue weighted by Crippen LogP contribution is -2.48. The predicted octanol–water partition coefficient (Wildman–Crippen LogP) is 3.92. The molecule has 0 atom stereocenters. The molecule has 8 heteroatoms. The van der Waals surface area contributed by atoms with E-state index >= 15 is 0 Å². The van der Waals surface area contributed by atoms with Crippen LogP contribution in [-0.4, -0.2) is 61.1 Å². The number of piperazine rings is 1. The molecule has 0 aliphatic carbocycles. The van der Waals surface area contributed by atoms with E-state index in [1.54, 1.807) is 55.9 Å². The van der Waals surface area contributed by atoms with Crippen molar-refractivity contribution >= 4 is 17.2 Å². The van der Waals surface area contributed by atoms with E-state index in [0.717, 1.165) is 35.9 Å². The summed E-state index contributed by atoms with van der Waals surface area (Å²) in [4.78, 5) is 21.8. The molecule has 0 unspecified atom stereocenters. The number of carbonyl (C=O) groups is 1. The Hall–Kier alpha value is -2.97. The van der Waals surface area contributed by atoms with Gasteiger partial charge in [0.15, 0.2) is 0 Å². The molecule has 0 bridgehead atoms. The van der Waals surface area contributed by atoms with Gasteiger partial charge in [0.1, 0.15) is 22.3 Å². The van der Waals surface area contributed by atoms with Crippen LogP contribution in [0.5, 0.6) is 11.5 Å². The fourth-order valence-corrected chi connectivity index (χ4v) is 4.43. The third-order valence-corrected chi connectivity index (χ3v) is 6.18. The van der Waals surface area contributed by atoms with Gasteiger partial charge in [0.25, 0.3) is 5.91 Å². The van der Waals surface area contributed by atoms with Crippen LogP contribution in [0.4, 0.5) is 4.39 Å². The summed E-state index contributed by atoms with van der Waals surface area (Å²) in [6.07, 6.45) is 0. The first kappa shape index (κ1) is 21.3. The fourth-order valence-electron chi connectivity index (χ4n) is 3.58. The zero-order chi connectivity index (χ0) is 21.8. The highest BCUT2D eigenvalue weighted by Crippen LogP contribution is 2.27. The number of halogens is 1. The van der Waals surface area contributed by atoms with E-state index in [1.807, 2.05) is 10.3 Å². The summed E-state index contributed by atoms with van der Waals surface area (Å²) in [5.41, 5.74) is 2.31. The number of methoxy groups -OCH3 is 2. The van der Waals surface area contributed by atoms with Gasteiger partial charge in [-0.15, -0.1) is 11.3 Å². The van der Waals surface area contributed by atoms with Crippen LogP contribution in [0, 0.1) is 5.82 Å². The number of rotatable bonds is 6. The van der Waals surface area contributed by atoms with Crippen LogP contribution in [0.1, 0.15) is 15.4 Å². The Morgan fingerprint density at radius 3 is 2.48 bits per heavy atom. The minimum absolute atomic E-state index is 0.0352. The van der Waals surface area contributed by atoms with Gasteiger partial charge in [0.2, 0.25) is 0 Å². The number of thiazole rings is 1. The van der Waals surface area contributed by atoms with Crippen molar-refractivity contribution in [2.75, 3.05) is 40.4 Å². The van der Waals surface area contributed by atoms with Gasteiger partial charge in [-0.3, -0.25) is 9.69 Å². The van der Waals surface area contributed by atoms with Crippen LogP contribution in [-0.2, 0) is 6.54 Å². The molecule has 0 saturated carbocycles. The molecule has 1 aromatic heterocycles. The van der Waals surface area contributed by atoms with Crippen molar-refractivity contribution in [3.63, 3.8) is 0 Å². The Morgan fingerprint density at radius 2 is 1.81 bits per heavy atom. The number of amides is 1. The Morgan fingerprint density at radius 1 is 1.06 bits per heavy atom. The maximum absolute atomic E-state index is 13.1. The van der Waals surface area contributed by atoms with E-state index in [-0.39, 0.29) is 11.7 Å². The number of benzene rings is 2. The van der Waals surface area contributed by atoms with Gasteiger partial charge in [-0.1, -0.05) is 0 Å². The molecule has 0 spiro atoms. The normalized spacial score (nSPS) is 14.5. The quantitative estimate of drug-likeness (QED) is 0.580. The van der Waals surface area contributed by atoms with Crippen molar-refractivity contribution in [2.24, 2.45) is 0 Å². The van der Waals surface area contributed by atoms with Crippen LogP contribution in [0.25, 0.3) is 11.3 Å². The first-order valence-corrected chi connectivity index (χ1v) is 10.9. The summed E-state index contributed by atoms with van der Waals surface area (Å²) in [7, 11) is 3.14. The van der Waals surface area contributed by atoms with Crippen molar-refractivity contribution in [2.45, 2.75) is 6.54 Å². The molecule has 0 N–H and O–H groups in total. The number of nitrogens with zero attached hydrogens (tertiary/aromatic N) is 3. The second-order valence-corrected chi connectivity index (χ2v) is 8.21. The van der Waals surface area contributed by atoms with E-state index in [2.05, 4.69) is 4.90 Å². The number of hydrogen-bond acceptors (Lipinski definition) is 6. The van der Waals surface area contributed by atoms with E-state index in [0.29, 0.717) is 30.2 Å². The van der Waals surface area contributed by atoms with E-state index in [4.69, 9.17) is 14.5 Å². The average molecular weight is 442 g/mol. The number of hydrogen-bond donors (Lipinski definition) is 0. The topological polar surface area (TPSA) is 54.9 Å². The number of aromatic nitrogens is 1. The van der Waals surface area contributed by atoms with Crippen molar-refractivity contribution in [1.82, 2.24) is 14.8 Å². The van der Waals surface area contributed by atoms with Crippen LogP contribution in [0.3, 0.4) is 0 Å². The van der Waals surface area contributed by atoms with Crippen molar-refractivity contribution in [1.29, 1.82) is 0 Å². The smallest absolute Gasteiger partial charge is 0.257 e. The Balaban J connectivity index is 1.35. The molecule has 1 amide bonds. The van der Waals surface area contributed by atoms with Gasteiger partial charge >= 0.3 is 0 Å². The molecule has 1 aliphatic rings. The molecule has 1 fully saturated rings. The molecule has 1 aliphatic heterocycles. The molecular formula is C23H24FN3O3S. The highest BCUT2D eigenvalue weighted by molar-refractivity contribution is 7.09. The molecule has 2 aromatic carbocycles. The summed E-state index contributed by atoms with van der Waals surface area (Å²) in [5, 5.41) is 3.01. The monoisotopic (exact) mass is 441 g/mol. The molecule has 162 valence electrons. The zero-order valence-corrected chi connectivity index (χ0v) is 18.3. The van der Waals surface area contributed by atoms with Crippen LogP contribution in [0.2, 0.25) is 0 Å². The third kappa shape index (κ3) is 4.86. The first-order chi connectivity index (χ1) is 15.1. The highest BCUT2D eigenvalue weighted by atomic mass is 32.1. The predicted molar refractivity (Wildman–Crippen MR) is 118 cm³/mol. The highest BCUT2D eigenvalue weighted by Gasteiger charge is 2.25. The molecule has 31 heavy (non-hydrogen) atoms. The van der Waals surface area contributed by atoms with Gasteiger partial charge < -0.3 is 14.4 Å². The van der Waals surface area contributed by atoms with Crippen LogP contribution < -0.4 is 9.47 Å². The molecule has 2 heterocycles. The lowest BCUT2D eigenvalue weighted by Gasteiger charge is -2.34. The van der Waals surface area contributed by atoms with E-state index in [1.165, 1.54) is 12.1 Å². The van der Waals surface area contributed by atoms with Gasteiger partial charge in [0, 0.05) is 43.2 Å². The lowest BCUT2D eigenvalue weighted by atomic mass is 10.1. The van der Waals surface area contributed by atoms with Crippen LogP contribution in [0.15, 0.2) is 47.8 Å². The summed E-state index contributed by atoms with van der Waals surface area (Å²) >= 11 is 1.60. The maximum Gasteiger partial charge on any atom is 0.257 e. The average Bonchev–Trinajstić information content (AvgIpc) is 3.27. The zero-order valence-electron chi connectivity index (χ0n) is 17.5. The molecule has 0 radical (unpaired) electrons. The Bertz CT molecular complexity index is 1050. The molecule has 3 aromatic rings. The lowest BCUT2D eigenvalue weighted by molar-refractivity contribution is 0.0625. The number of ether oxygens (including phenoxy) is 2. The van der Waals surface area contributed by atoms with Gasteiger partial charge in [-0.05, 0) is 36.4 Å². The summed E-state index contributed by atoms with van der Waals surface area (Å²) in [5.74, 6) is 0.885. The van der Waals surface area contributed by atoms with Gasteiger partial charge in [0.05, 0.1) is 32.0 Å². The number of carbonyl (C=O) groups excluding carboxylic acids is 1. The second kappa shape index (κ2) is 9.45. The summed E-state index contributed by atoms with van der Waals surface area (Å²) in [6, 6.07) is 11.6. The van der Waals surface area contributed by atoms with E-state index in [9.17, 15) is 9.18 Å². The summed E-state index contributed by atoms with van der Waals surface area (Å²) in [6.45, 7) is 3.57. The minimum atomic E-state index is -0.251. The van der Waals surface area contributed by atoms with Gasteiger partial charge in [-0.25, -0.2) is 9.37 Å². The largest absolute Gasteiger partial charge is 0.497 e. The Labute approximate surface area is 184 Å². The van der Waals surface area contributed by atoms with Crippen LogP contribution >= 0.6 is 11.3 Å². The van der Waals surface area contributed by atoms with Crippen molar-refractivity contribution < 1.29 is 18.7 Å². The van der Waals surface area contributed by atoms with Crippen molar-refractivity contribution in [3.8, 4) is 22.8 Å².